The number of imidazole rings is 1. The van der Waals surface area contributed by atoms with Gasteiger partial charge < -0.3 is 25.4 Å². The maximum absolute atomic E-state index is 11.4. The largest absolute Gasteiger partial charge is 0.481 e. The zero-order valence-corrected chi connectivity index (χ0v) is 10.7. The second kappa shape index (κ2) is 7.77. The van der Waals surface area contributed by atoms with Gasteiger partial charge in [0.2, 0.25) is 0 Å². The monoisotopic (exact) mass is 284 g/mol. The number of nitrogens with one attached hydrogen (secondary N) is 2. The van der Waals surface area contributed by atoms with Crippen LogP contribution in [0.3, 0.4) is 0 Å². The number of carboxylic acid groups (broad SMARTS) is 2. The molecule has 0 spiro atoms. The topological polar surface area (TPSA) is 134 Å². The van der Waals surface area contributed by atoms with Crippen molar-refractivity contribution in [1.29, 1.82) is 0 Å². The highest BCUT2D eigenvalue weighted by atomic mass is 16.4. The summed E-state index contributed by atoms with van der Waals surface area (Å²) >= 11 is 0. The van der Waals surface area contributed by atoms with E-state index in [2.05, 4.69) is 15.6 Å². The van der Waals surface area contributed by atoms with Gasteiger partial charge in [0.05, 0.1) is 12.7 Å². The highest BCUT2D eigenvalue weighted by Crippen LogP contribution is 1.93. The van der Waals surface area contributed by atoms with Gasteiger partial charge in [0, 0.05) is 25.5 Å². The Labute approximate surface area is 114 Å². The van der Waals surface area contributed by atoms with Gasteiger partial charge in [-0.2, -0.15) is 0 Å². The average molecular weight is 284 g/mol. The van der Waals surface area contributed by atoms with Gasteiger partial charge in [-0.3, -0.25) is 4.79 Å². The number of amides is 2. The third-order valence-electron chi connectivity index (χ3n) is 2.42. The van der Waals surface area contributed by atoms with Crippen LogP contribution in [0.15, 0.2) is 18.7 Å². The van der Waals surface area contributed by atoms with Gasteiger partial charge in [-0.1, -0.05) is 0 Å². The summed E-state index contributed by atoms with van der Waals surface area (Å²) in [4.78, 5) is 36.5. The van der Waals surface area contributed by atoms with E-state index < -0.39 is 30.4 Å². The first-order valence-electron chi connectivity index (χ1n) is 5.93. The molecule has 110 valence electrons. The number of aryl methyl sites for hydroxylation is 1. The second-order valence-corrected chi connectivity index (χ2v) is 4.04. The number of hydrogen-bond donors (Lipinski definition) is 4. The summed E-state index contributed by atoms with van der Waals surface area (Å²) in [7, 11) is 0. The van der Waals surface area contributed by atoms with Crippen molar-refractivity contribution in [1.82, 2.24) is 20.2 Å². The zero-order chi connectivity index (χ0) is 15.0. The predicted octanol–water partition coefficient (Wildman–Crippen LogP) is -0.500. The van der Waals surface area contributed by atoms with Gasteiger partial charge in [0.15, 0.2) is 0 Å². The van der Waals surface area contributed by atoms with Crippen LogP contribution in [-0.4, -0.2) is 50.3 Å². The number of hydrogen-bond acceptors (Lipinski definition) is 4. The molecule has 0 aliphatic carbocycles. The number of nitrogens with zero attached hydrogens (tertiary/aromatic N) is 2. The number of aromatic nitrogens is 2. The van der Waals surface area contributed by atoms with Crippen LogP contribution in [0.1, 0.15) is 12.8 Å². The number of carboxylic acids is 2. The summed E-state index contributed by atoms with van der Waals surface area (Å²) in [5, 5.41) is 21.8. The van der Waals surface area contributed by atoms with Crippen LogP contribution in [0.25, 0.3) is 0 Å². The molecule has 9 heteroatoms. The van der Waals surface area contributed by atoms with Gasteiger partial charge in [0.25, 0.3) is 0 Å². The number of urea groups is 1. The molecule has 0 fully saturated rings. The molecule has 1 aromatic heterocycles. The van der Waals surface area contributed by atoms with E-state index in [1.807, 2.05) is 4.57 Å². The van der Waals surface area contributed by atoms with Crippen molar-refractivity contribution in [2.24, 2.45) is 0 Å². The lowest BCUT2D eigenvalue weighted by molar-refractivity contribution is -0.145. The quantitative estimate of drug-likeness (QED) is 0.475. The van der Waals surface area contributed by atoms with E-state index in [0.29, 0.717) is 19.5 Å². The molecule has 1 aromatic rings. The summed E-state index contributed by atoms with van der Waals surface area (Å²) in [6.45, 7) is 1.00. The first kappa shape index (κ1) is 15.5. The molecule has 0 radical (unpaired) electrons. The minimum absolute atomic E-state index is 0.337. The SMILES string of the molecule is O=C(O)C[C@@H](NC(=O)NCCCn1ccnc1)C(=O)O. The summed E-state index contributed by atoms with van der Waals surface area (Å²) in [5.74, 6) is -2.68. The van der Waals surface area contributed by atoms with Crippen LogP contribution in [0, 0.1) is 0 Å². The molecule has 0 saturated carbocycles. The van der Waals surface area contributed by atoms with Crippen molar-refractivity contribution >= 4 is 18.0 Å². The lowest BCUT2D eigenvalue weighted by Crippen LogP contribution is -2.47. The van der Waals surface area contributed by atoms with Crippen LogP contribution >= 0.6 is 0 Å². The summed E-state index contributed by atoms with van der Waals surface area (Å²) in [6, 6.07) is -2.15. The molecule has 0 aliphatic rings. The number of aliphatic carboxylic acids is 2. The Kier molecular flexibility index (Phi) is 6.01. The maximum Gasteiger partial charge on any atom is 0.326 e. The van der Waals surface area contributed by atoms with Crippen LogP contribution in [0.5, 0.6) is 0 Å². The van der Waals surface area contributed by atoms with E-state index in [-0.39, 0.29) is 0 Å². The van der Waals surface area contributed by atoms with Crippen molar-refractivity contribution in [3.05, 3.63) is 18.7 Å². The predicted molar refractivity (Wildman–Crippen MR) is 67.1 cm³/mol. The van der Waals surface area contributed by atoms with Crippen molar-refractivity contribution in [3.63, 3.8) is 0 Å². The highest BCUT2D eigenvalue weighted by molar-refractivity contribution is 5.86. The van der Waals surface area contributed by atoms with Gasteiger partial charge in [-0.25, -0.2) is 14.6 Å². The average Bonchev–Trinajstić information content (AvgIpc) is 2.86. The van der Waals surface area contributed by atoms with E-state index in [1.165, 1.54) is 0 Å². The molecule has 2 amide bonds. The van der Waals surface area contributed by atoms with Crippen LogP contribution in [-0.2, 0) is 16.1 Å². The zero-order valence-electron chi connectivity index (χ0n) is 10.7. The molecule has 0 bridgehead atoms. The Morgan fingerprint density at radius 3 is 2.60 bits per heavy atom. The first-order valence-corrected chi connectivity index (χ1v) is 5.93. The Bertz CT molecular complexity index is 459. The van der Waals surface area contributed by atoms with Crippen LogP contribution in [0.2, 0.25) is 0 Å². The molecule has 9 nitrogen and oxygen atoms in total. The fourth-order valence-corrected chi connectivity index (χ4v) is 1.47. The van der Waals surface area contributed by atoms with Crippen molar-refractivity contribution < 1.29 is 24.6 Å². The minimum Gasteiger partial charge on any atom is -0.481 e. The molecule has 0 unspecified atom stereocenters. The van der Waals surface area contributed by atoms with Gasteiger partial charge in [-0.15, -0.1) is 0 Å². The van der Waals surface area contributed by atoms with Gasteiger partial charge in [-0.05, 0) is 6.42 Å². The normalized spacial score (nSPS) is 11.6. The minimum atomic E-state index is -1.44. The Morgan fingerprint density at radius 2 is 2.05 bits per heavy atom. The number of carbonyl (C=O) groups is 3. The molecular formula is C11H16N4O5. The number of carbonyl (C=O) groups excluding carboxylic acids is 1. The van der Waals surface area contributed by atoms with Crippen molar-refractivity contribution in [3.8, 4) is 0 Å². The fraction of sp³-hybridized carbons (Fsp3) is 0.455. The second-order valence-electron chi connectivity index (χ2n) is 4.04. The van der Waals surface area contributed by atoms with Crippen LogP contribution in [0.4, 0.5) is 4.79 Å². The van der Waals surface area contributed by atoms with E-state index in [1.54, 1.807) is 18.7 Å². The van der Waals surface area contributed by atoms with E-state index in [0.717, 1.165) is 0 Å². The van der Waals surface area contributed by atoms with Crippen molar-refractivity contribution in [2.45, 2.75) is 25.4 Å². The molecule has 1 atom stereocenters. The van der Waals surface area contributed by atoms with E-state index in [9.17, 15) is 14.4 Å². The molecule has 1 rings (SSSR count). The lowest BCUT2D eigenvalue weighted by Gasteiger charge is -2.13. The first-order chi connectivity index (χ1) is 9.49. The van der Waals surface area contributed by atoms with E-state index in [4.69, 9.17) is 10.2 Å². The maximum atomic E-state index is 11.4. The standard InChI is InChI=1S/C11H16N4O5/c16-9(17)6-8(10(18)19)14-11(20)13-2-1-4-15-5-3-12-7-15/h3,5,7-8H,1-2,4,6H2,(H,16,17)(H,18,19)(H2,13,14,20)/t8-/m1/s1. The number of rotatable bonds is 8. The van der Waals surface area contributed by atoms with Crippen molar-refractivity contribution in [2.75, 3.05) is 6.54 Å². The third-order valence-corrected chi connectivity index (χ3v) is 2.42. The molecule has 0 aliphatic heterocycles. The van der Waals surface area contributed by atoms with Crippen LogP contribution < -0.4 is 10.6 Å². The lowest BCUT2D eigenvalue weighted by atomic mass is 10.2. The fourth-order valence-electron chi connectivity index (χ4n) is 1.47. The van der Waals surface area contributed by atoms with Gasteiger partial charge >= 0.3 is 18.0 Å². The molecule has 0 aromatic carbocycles. The smallest absolute Gasteiger partial charge is 0.326 e. The Hall–Kier alpha value is -2.58. The molecule has 4 N–H and O–H groups in total. The Balaban J connectivity index is 2.24. The third kappa shape index (κ3) is 5.85. The molecule has 1 heterocycles. The summed E-state index contributed by atoms with van der Waals surface area (Å²) in [6.07, 6.45) is 5.04. The molecule has 0 saturated heterocycles. The highest BCUT2D eigenvalue weighted by Gasteiger charge is 2.22. The van der Waals surface area contributed by atoms with E-state index >= 15 is 0 Å². The molecule has 20 heavy (non-hydrogen) atoms. The van der Waals surface area contributed by atoms with Gasteiger partial charge in [0.1, 0.15) is 6.04 Å². The summed E-state index contributed by atoms with van der Waals surface area (Å²) < 4.78 is 1.84. The molecular weight excluding hydrogens is 268 g/mol. The Morgan fingerprint density at radius 1 is 1.30 bits per heavy atom. The summed E-state index contributed by atoms with van der Waals surface area (Å²) in [5.41, 5.74) is 0.